The normalized spacial score (nSPS) is 28.9. The standard InChI is InChI=1S/C21H22ClN3O5/c1-10(23-2)13-6-7-25(20(13)24-3)21-17(28)16(27)19(30-21)18-14-5-4-12(22)8-11(14)9-15(26)29-18/h4-8,16-19,21,27-28H,3,9H2,1-2H3/b23-10-/t16-,17+,18+,19-,21+/m0/s1. The van der Waals surface area contributed by atoms with Gasteiger partial charge < -0.3 is 24.3 Å². The summed E-state index contributed by atoms with van der Waals surface area (Å²) in [5, 5.41) is 22.0. The quantitative estimate of drug-likeness (QED) is 0.571. The van der Waals surface area contributed by atoms with Crippen molar-refractivity contribution >= 4 is 35.8 Å². The number of aliphatic imine (C=N–C) groups is 2. The number of aromatic nitrogens is 1. The average Bonchev–Trinajstić information content (AvgIpc) is 3.27. The molecule has 0 saturated carbocycles. The Hall–Kier alpha value is -2.52. The van der Waals surface area contributed by atoms with E-state index in [-0.39, 0.29) is 6.42 Å². The Morgan fingerprint density at radius 3 is 2.77 bits per heavy atom. The summed E-state index contributed by atoms with van der Waals surface area (Å²) in [6, 6.07) is 6.92. The minimum atomic E-state index is -1.29. The van der Waals surface area contributed by atoms with Crippen molar-refractivity contribution in [1.29, 1.82) is 0 Å². The lowest BCUT2D eigenvalue weighted by Crippen LogP contribution is -2.38. The predicted octanol–water partition coefficient (Wildman–Crippen LogP) is 2.37. The first-order valence-corrected chi connectivity index (χ1v) is 9.84. The second-order valence-electron chi connectivity index (χ2n) is 7.33. The Bertz CT molecular complexity index is 1030. The van der Waals surface area contributed by atoms with E-state index in [1.54, 1.807) is 42.1 Å². The number of ether oxygens (including phenoxy) is 2. The summed E-state index contributed by atoms with van der Waals surface area (Å²) >= 11 is 6.06. The van der Waals surface area contributed by atoms with Crippen LogP contribution in [0.4, 0.5) is 5.82 Å². The Kier molecular flexibility index (Phi) is 5.50. The Morgan fingerprint density at radius 1 is 1.30 bits per heavy atom. The molecule has 4 rings (SSSR count). The molecule has 0 bridgehead atoms. The smallest absolute Gasteiger partial charge is 0.310 e. The minimum Gasteiger partial charge on any atom is -0.454 e. The van der Waals surface area contributed by atoms with Crippen LogP contribution in [0.1, 0.15) is 35.9 Å². The molecule has 0 amide bonds. The van der Waals surface area contributed by atoms with Crippen molar-refractivity contribution in [3.63, 3.8) is 0 Å². The molecule has 1 fully saturated rings. The zero-order valence-electron chi connectivity index (χ0n) is 16.5. The molecule has 30 heavy (non-hydrogen) atoms. The van der Waals surface area contributed by atoms with Crippen LogP contribution in [0.5, 0.6) is 0 Å². The molecule has 0 unspecified atom stereocenters. The van der Waals surface area contributed by atoms with Crippen LogP contribution in [-0.2, 0) is 20.7 Å². The van der Waals surface area contributed by atoms with Gasteiger partial charge in [-0.15, -0.1) is 0 Å². The van der Waals surface area contributed by atoms with Gasteiger partial charge in [0, 0.05) is 29.5 Å². The number of esters is 1. The minimum absolute atomic E-state index is 0.0856. The number of fused-ring (bicyclic) bond motifs is 1. The number of aliphatic hydroxyl groups is 2. The van der Waals surface area contributed by atoms with Crippen molar-refractivity contribution in [2.75, 3.05) is 7.05 Å². The van der Waals surface area contributed by atoms with Gasteiger partial charge in [0.25, 0.3) is 0 Å². The molecule has 9 heteroatoms. The molecule has 2 aliphatic rings. The largest absolute Gasteiger partial charge is 0.454 e. The van der Waals surface area contributed by atoms with Gasteiger partial charge in [-0.1, -0.05) is 17.7 Å². The van der Waals surface area contributed by atoms with E-state index in [0.717, 1.165) is 11.3 Å². The number of nitrogens with zero attached hydrogens (tertiary/aromatic N) is 3. The second-order valence-corrected chi connectivity index (χ2v) is 7.77. The first kappa shape index (κ1) is 20.7. The SMILES string of the molecule is C=Nc1c(/C(C)=N\C)ccn1[C@@H]1O[C@H]([C@@H]2OC(=O)Cc3cc(Cl)ccc32)[C@@H](O)[C@H]1O. The second kappa shape index (κ2) is 7.96. The molecule has 0 spiro atoms. The Morgan fingerprint density at radius 2 is 2.07 bits per heavy atom. The lowest BCUT2D eigenvalue weighted by atomic mass is 9.92. The number of rotatable bonds is 4. The zero-order chi connectivity index (χ0) is 21.6. The van der Waals surface area contributed by atoms with Crippen LogP contribution in [0.3, 0.4) is 0 Å². The van der Waals surface area contributed by atoms with E-state index in [0.29, 0.717) is 22.0 Å². The summed E-state index contributed by atoms with van der Waals surface area (Å²) < 4.78 is 13.2. The van der Waals surface area contributed by atoms with Gasteiger partial charge in [-0.3, -0.25) is 9.79 Å². The third-order valence-electron chi connectivity index (χ3n) is 5.61. The third kappa shape index (κ3) is 3.35. The van der Waals surface area contributed by atoms with Gasteiger partial charge in [0.05, 0.1) is 6.42 Å². The van der Waals surface area contributed by atoms with Crippen LogP contribution in [0.25, 0.3) is 0 Å². The highest BCUT2D eigenvalue weighted by atomic mass is 35.5. The maximum Gasteiger partial charge on any atom is 0.310 e. The van der Waals surface area contributed by atoms with E-state index >= 15 is 0 Å². The van der Waals surface area contributed by atoms with Crippen molar-refractivity contribution < 1.29 is 24.5 Å². The summed E-state index contributed by atoms with van der Waals surface area (Å²) in [5.74, 6) is 0.0119. The molecular weight excluding hydrogens is 410 g/mol. The van der Waals surface area contributed by atoms with E-state index in [2.05, 4.69) is 16.7 Å². The van der Waals surface area contributed by atoms with E-state index in [1.165, 1.54) is 0 Å². The molecule has 1 aromatic heterocycles. The Labute approximate surface area is 178 Å². The highest BCUT2D eigenvalue weighted by Gasteiger charge is 2.50. The highest BCUT2D eigenvalue weighted by molar-refractivity contribution is 6.30. The van der Waals surface area contributed by atoms with E-state index in [9.17, 15) is 15.0 Å². The summed E-state index contributed by atoms with van der Waals surface area (Å²) in [5.41, 5.74) is 2.89. The monoisotopic (exact) mass is 431 g/mol. The molecule has 8 nitrogen and oxygen atoms in total. The number of cyclic esters (lactones) is 1. The fourth-order valence-corrected chi connectivity index (χ4v) is 4.23. The van der Waals surface area contributed by atoms with Gasteiger partial charge in [-0.2, -0.15) is 0 Å². The van der Waals surface area contributed by atoms with Crippen LogP contribution >= 0.6 is 11.6 Å². The number of hydrogen-bond acceptors (Lipinski definition) is 7. The molecule has 2 N–H and O–H groups in total. The van der Waals surface area contributed by atoms with Crippen molar-refractivity contribution in [1.82, 2.24) is 4.57 Å². The molecule has 2 aliphatic heterocycles. The van der Waals surface area contributed by atoms with Gasteiger partial charge in [0.2, 0.25) is 0 Å². The summed E-state index contributed by atoms with van der Waals surface area (Å²) in [6.07, 6.45) is -3.58. The number of carbonyl (C=O) groups excluding carboxylic acids is 1. The molecule has 158 valence electrons. The van der Waals surface area contributed by atoms with Crippen LogP contribution in [-0.4, -0.2) is 58.5 Å². The van der Waals surface area contributed by atoms with Crippen LogP contribution in [0.15, 0.2) is 40.4 Å². The molecule has 5 atom stereocenters. The van der Waals surface area contributed by atoms with Crippen LogP contribution < -0.4 is 0 Å². The molecule has 3 heterocycles. The predicted molar refractivity (Wildman–Crippen MR) is 112 cm³/mol. The topological polar surface area (TPSA) is 106 Å². The van der Waals surface area contributed by atoms with Gasteiger partial charge in [0.1, 0.15) is 24.1 Å². The fraction of sp³-hybridized carbons (Fsp3) is 0.381. The number of hydrogen-bond donors (Lipinski definition) is 2. The summed E-state index contributed by atoms with van der Waals surface area (Å²) in [6.45, 7) is 5.44. The maximum atomic E-state index is 12.1. The lowest BCUT2D eigenvalue weighted by molar-refractivity contribution is -0.165. The van der Waals surface area contributed by atoms with E-state index < -0.39 is 36.6 Å². The zero-order valence-corrected chi connectivity index (χ0v) is 17.3. The maximum absolute atomic E-state index is 12.1. The molecule has 0 radical (unpaired) electrons. The summed E-state index contributed by atoms with van der Waals surface area (Å²) in [4.78, 5) is 20.4. The van der Waals surface area contributed by atoms with E-state index in [1.807, 2.05) is 6.92 Å². The number of benzene rings is 1. The fourth-order valence-electron chi connectivity index (χ4n) is 4.03. The number of aliphatic hydroxyl groups excluding tert-OH is 2. The first-order valence-electron chi connectivity index (χ1n) is 9.46. The van der Waals surface area contributed by atoms with Crippen LogP contribution in [0, 0.1) is 0 Å². The molecule has 1 aromatic carbocycles. The molecule has 2 aromatic rings. The average molecular weight is 432 g/mol. The van der Waals surface area contributed by atoms with E-state index in [4.69, 9.17) is 21.1 Å². The van der Waals surface area contributed by atoms with Gasteiger partial charge in [-0.05, 0) is 43.0 Å². The van der Waals surface area contributed by atoms with Crippen molar-refractivity contribution in [3.05, 3.63) is 52.2 Å². The number of halogens is 1. The Balaban J connectivity index is 1.69. The number of carbonyl (C=O) groups is 1. The highest BCUT2D eigenvalue weighted by Crippen LogP contribution is 2.42. The third-order valence-corrected chi connectivity index (χ3v) is 5.85. The van der Waals surface area contributed by atoms with Gasteiger partial charge in [0.15, 0.2) is 12.3 Å². The lowest BCUT2D eigenvalue weighted by Gasteiger charge is -2.31. The van der Waals surface area contributed by atoms with Crippen molar-refractivity contribution in [3.8, 4) is 0 Å². The van der Waals surface area contributed by atoms with Gasteiger partial charge in [-0.25, -0.2) is 4.99 Å². The molecular formula is C21H22ClN3O5. The first-order chi connectivity index (χ1) is 14.3. The summed E-state index contributed by atoms with van der Waals surface area (Å²) in [7, 11) is 1.67. The van der Waals surface area contributed by atoms with Crippen molar-refractivity contribution in [2.45, 2.75) is 44.0 Å². The molecule has 1 saturated heterocycles. The molecule has 0 aliphatic carbocycles. The van der Waals surface area contributed by atoms with Crippen LogP contribution in [0.2, 0.25) is 5.02 Å². The van der Waals surface area contributed by atoms with Gasteiger partial charge >= 0.3 is 5.97 Å². The van der Waals surface area contributed by atoms with Crippen molar-refractivity contribution in [2.24, 2.45) is 9.98 Å².